The molecule has 1 atom stereocenters. The molecule has 0 fully saturated rings. The lowest BCUT2D eigenvalue weighted by molar-refractivity contribution is 0.186. The van der Waals surface area contributed by atoms with Gasteiger partial charge in [0.25, 0.3) is 0 Å². The van der Waals surface area contributed by atoms with Crippen LogP contribution in [0.2, 0.25) is 0 Å². The van der Waals surface area contributed by atoms with Crippen molar-refractivity contribution < 1.29 is 9.52 Å². The first-order valence-electron chi connectivity index (χ1n) is 5.54. The van der Waals surface area contributed by atoms with Crippen molar-refractivity contribution in [3.63, 3.8) is 0 Å². The third-order valence-electron chi connectivity index (χ3n) is 2.78. The summed E-state index contributed by atoms with van der Waals surface area (Å²) >= 11 is 0. The lowest BCUT2D eigenvalue weighted by Gasteiger charge is -2.10. The molecule has 0 saturated carbocycles. The van der Waals surface area contributed by atoms with Crippen LogP contribution in [0.4, 0.5) is 0 Å². The molecule has 84 valence electrons. The molecule has 1 unspecified atom stereocenters. The molecule has 2 aromatic rings. The molecule has 2 heteroatoms. The Labute approximate surface area is 95.5 Å². The normalized spacial score (nSPS) is 12.7. The Morgan fingerprint density at radius 1 is 1.19 bits per heavy atom. The van der Waals surface area contributed by atoms with Gasteiger partial charge in [-0.05, 0) is 30.2 Å². The Balaban J connectivity index is 2.31. The molecule has 0 radical (unpaired) electrons. The van der Waals surface area contributed by atoms with Crippen molar-refractivity contribution >= 4 is 0 Å². The maximum Gasteiger partial charge on any atom is 0.137 e. The maximum atomic E-state index is 10.2. The zero-order chi connectivity index (χ0) is 11.5. The first-order valence-corrected chi connectivity index (χ1v) is 5.54. The third-order valence-corrected chi connectivity index (χ3v) is 2.78. The smallest absolute Gasteiger partial charge is 0.137 e. The van der Waals surface area contributed by atoms with Crippen LogP contribution in [-0.4, -0.2) is 5.11 Å². The van der Waals surface area contributed by atoms with Crippen LogP contribution in [0.25, 0.3) is 0 Å². The minimum Gasteiger partial charge on any atom is -0.463 e. The predicted octanol–water partition coefficient (Wildman–Crippen LogP) is 3.23. The van der Waals surface area contributed by atoms with Gasteiger partial charge in [0.15, 0.2) is 0 Å². The monoisotopic (exact) mass is 216 g/mol. The van der Waals surface area contributed by atoms with E-state index in [1.165, 1.54) is 0 Å². The third kappa shape index (κ3) is 2.02. The van der Waals surface area contributed by atoms with Crippen LogP contribution in [0.5, 0.6) is 0 Å². The molecule has 0 saturated heterocycles. The standard InChI is InChI=1S/C14H16O2/c1-3-11-8-9-13(16-11)14(15)12-7-5-4-6-10(12)2/h4-9,14-15H,3H2,1-2H3. The minimum atomic E-state index is -0.665. The topological polar surface area (TPSA) is 33.4 Å². The molecule has 0 aliphatic carbocycles. The average Bonchev–Trinajstić information content (AvgIpc) is 2.77. The first kappa shape index (κ1) is 11.0. The predicted molar refractivity (Wildman–Crippen MR) is 63.3 cm³/mol. The summed E-state index contributed by atoms with van der Waals surface area (Å²) < 4.78 is 5.55. The highest BCUT2D eigenvalue weighted by molar-refractivity contribution is 5.32. The van der Waals surface area contributed by atoms with E-state index in [2.05, 4.69) is 0 Å². The lowest BCUT2D eigenvalue weighted by Crippen LogP contribution is -2.00. The molecule has 1 N–H and O–H groups in total. The lowest BCUT2D eigenvalue weighted by atomic mass is 10.0. The average molecular weight is 216 g/mol. The van der Waals surface area contributed by atoms with Gasteiger partial charge in [-0.1, -0.05) is 31.2 Å². The first-order chi connectivity index (χ1) is 7.72. The molecule has 0 spiro atoms. The summed E-state index contributed by atoms with van der Waals surface area (Å²) in [6.45, 7) is 4.02. The van der Waals surface area contributed by atoms with Crippen LogP contribution >= 0.6 is 0 Å². The van der Waals surface area contributed by atoms with E-state index in [0.29, 0.717) is 5.76 Å². The molecule has 1 heterocycles. The van der Waals surface area contributed by atoms with Crippen molar-refractivity contribution in [3.05, 3.63) is 59.0 Å². The summed E-state index contributed by atoms with van der Waals surface area (Å²) in [6, 6.07) is 11.6. The van der Waals surface area contributed by atoms with Crippen molar-refractivity contribution in [3.8, 4) is 0 Å². The second kappa shape index (κ2) is 4.54. The highest BCUT2D eigenvalue weighted by Gasteiger charge is 2.15. The van der Waals surface area contributed by atoms with E-state index in [4.69, 9.17) is 4.42 Å². The van der Waals surface area contributed by atoms with Crippen molar-refractivity contribution in [1.29, 1.82) is 0 Å². The van der Waals surface area contributed by atoms with Crippen molar-refractivity contribution in [2.45, 2.75) is 26.4 Å². The number of aliphatic hydroxyl groups is 1. The van der Waals surface area contributed by atoms with E-state index < -0.39 is 6.10 Å². The van der Waals surface area contributed by atoms with Crippen molar-refractivity contribution in [2.24, 2.45) is 0 Å². The molecule has 0 bridgehead atoms. The molecule has 0 amide bonds. The van der Waals surface area contributed by atoms with Crippen LogP contribution in [0.1, 0.15) is 35.7 Å². The van der Waals surface area contributed by atoms with Crippen LogP contribution in [0.15, 0.2) is 40.8 Å². The van der Waals surface area contributed by atoms with Gasteiger partial charge in [0.05, 0.1) is 0 Å². The summed E-state index contributed by atoms with van der Waals surface area (Å²) in [5, 5.41) is 10.2. The van der Waals surface area contributed by atoms with Gasteiger partial charge >= 0.3 is 0 Å². The highest BCUT2D eigenvalue weighted by atomic mass is 16.4. The van der Waals surface area contributed by atoms with Gasteiger partial charge in [-0.15, -0.1) is 0 Å². The fourth-order valence-electron chi connectivity index (χ4n) is 1.78. The van der Waals surface area contributed by atoms with Crippen molar-refractivity contribution in [1.82, 2.24) is 0 Å². The number of furan rings is 1. The van der Waals surface area contributed by atoms with Crippen LogP contribution in [-0.2, 0) is 6.42 Å². The summed E-state index contributed by atoms with van der Waals surface area (Å²) in [5.74, 6) is 1.52. The summed E-state index contributed by atoms with van der Waals surface area (Å²) in [7, 11) is 0. The van der Waals surface area contributed by atoms with Crippen molar-refractivity contribution in [2.75, 3.05) is 0 Å². The van der Waals surface area contributed by atoms with Gasteiger partial charge in [-0.25, -0.2) is 0 Å². The second-order valence-corrected chi connectivity index (χ2v) is 3.92. The number of hydrogen-bond acceptors (Lipinski definition) is 2. The van der Waals surface area contributed by atoms with Gasteiger partial charge < -0.3 is 9.52 Å². The molecule has 16 heavy (non-hydrogen) atoms. The Bertz CT molecular complexity index is 471. The molecule has 2 rings (SSSR count). The SMILES string of the molecule is CCc1ccc(C(O)c2ccccc2C)o1. The number of rotatable bonds is 3. The van der Waals surface area contributed by atoms with E-state index in [-0.39, 0.29) is 0 Å². The molecule has 1 aromatic carbocycles. The largest absolute Gasteiger partial charge is 0.463 e. The Hall–Kier alpha value is -1.54. The van der Waals surface area contributed by atoms with Gasteiger partial charge in [-0.3, -0.25) is 0 Å². The Morgan fingerprint density at radius 2 is 1.94 bits per heavy atom. The minimum absolute atomic E-state index is 0.617. The highest BCUT2D eigenvalue weighted by Crippen LogP contribution is 2.26. The summed E-state index contributed by atoms with van der Waals surface area (Å²) in [4.78, 5) is 0. The second-order valence-electron chi connectivity index (χ2n) is 3.92. The molecular weight excluding hydrogens is 200 g/mol. The fraction of sp³-hybridized carbons (Fsp3) is 0.286. The zero-order valence-corrected chi connectivity index (χ0v) is 9.60. The number of aryl methyl sites for hydroxylation is 2. The Morgan fingerprint density at radius 3 is 2.56 bits per heavy atom. The fourth-order valence-corrected chi connectivity index (χ4v) is 1.78. The zero-order valence-electron chi connectivity index (χ0n) is 9.60. The van der Waals surface area contributed by atoms with E-state index in [1.54, 1.807) is 0 Å². The van der Waals surface area contributed by atoms with Crippen LogP contribution in [0.3, 0.4) is 0 Å². The van der Waals surface area contributed by atoms with Crippen LogP contribution < -0.4 is 0 Å². The van der Waals surface area contributed by atoms with E-state index in [1.807, 2.05) is 50.2 Å². The van der Waals surface area contributed by atoms with Gasteiger partial charge in [0, 0.05) is 6.42 Å². The maximum absolute atomic E-state index is 10.2. The van der Waals surface area contributed by atoms with Gasteiger partial charge in [-0.2, -0.15) is 0 Å². The molecular formula is C14H16O2. The number of benzene rings is 1. The van der Waals surface area contributed by atoms with E-state index >= 15 is 0 Å². The summed E-state index contributed by atoms with van der Waals surface area (Å²) in [6.07, 6.45) is 0.182. The van der Waals surface area contributed by atoms with E-state index in [0.717, 1.165) is 23.3 Å². The van der Waals surface area contributed by atoms with Gasteiger partial charge in [0.2, 0.25) is 0 Å². The van der Waals surface area contributed by atoms with Crippen LogP contribution in [0, 0.1) is 6.92 Å². The summed E-state index contributed by atoms with van der Waals surface area (Å²) in [5.41, 5.74) is 1.98. The van der Waals surface area contributed by atoms with Gasteiger partial charge in [0.1, 0.15) is 17.6 Å². The number of hydrogen-bond donors (Lipinski definition) is 1. The quantitative estimate of drug-likeness (QED) is 0.854. The Kier molecular flexibility index (Phi) is 3.11. The molecule has 1 aromatic heterocycles. The molecule has 0 aliphatic heterocycles. The number of aliphatic hydroxyl groups excluding tert-OH is 1. The molecule has 2 nitrogen and oxygen atoms in total. The molecule has 0 aliphatic rings. The van der Waals surface area contributed by atoms with E-state index in [9.17, 15) is 5.11 Å².